The van der Waals surface area contributed by atoms with Gasteiger partial charge in [0.1, 0.15) is 4.21 Å². The van der Waals surface area contributed by atoms with E-state index in [1.54, 1.807) is 37.3 Å². The van der Waals surface area contributed by atoms with Gasteiger partial charge in [0, 0.05) is 16.4 Å². The molecule has 2 rings (SSSR count). The summed E-state index contributed by atoms with van der Waals surface area (Å²) >= 11 is 7.13. The maximum absolute atomic E-state index is 12.2. The first-order valence-corrected chi connectivity index (χ1v) is 8.18. The van der Waals surface area contributed by atoms with Gasteiger partial charge >= 0.3 is 0 Å². The van der Waals surface area contributed by atoms with Gasteiger partial charge in [-0.3, -0.25) is 4.72 Å². The van der Waals surface area contributed by atoms with E-state index >= 15 is 0 Å². The van der Waals surface area contributed by atoms with Gasteiger partial charge in [-0.2, -0.15) is 0 Å². The van der Waals surface area contributed by atoms with Crippen LogP contribution >= 0.6 is 22.9 Å². The van der Waals surface area contributed by atoms with E-state index < -0.39 is 10.0 Å². The van der Waals surface area contributed by atoms with Crippen LogP contribution in [0.15, 0.2) is 34.5 Å². The fraction of sp³-hybridized carbons (Fsp3) is 0.167. The van der Waals surface area contributed by atoms with Crippen molar-refractivity contribution in [1.29, 1.82) is 0 Å². The summed E-state index contributed by atoms with van der Waals surface area (Å²) in [4.78, 5) is 0.822. The van der Waals surface area contributed by atoms with Gasteiger partial charge in [0.05, 0.1) is 5.69 Å². The highest BCUT2D eigenvalue weighted by molar-refractivity contribution is 7.94. The molecule has 4 nitrogen and oxygen atoms in total. The number of anilines is 1. The molecule has 0 aliphatic heterocycles. The smallest absolute Gasteiger partial charge is 0.271 e. The molecular weight excluding hydrogens is 304 g/mol. The first kappa shape index (κ1) is 14.3. The van der Waals surface area contributed by atoms with Crippen LogP contribution in [0.2, 0.25) is 5.02 Å². The minimum absolute atomic E-state index is 0.243. The molecule has 7 heteroatoms. The molecule has 0 saturated heterocycles. The lowest BCUT2D eigenvalue weighted by molar-refractivity contribution is 0.603. The zero-order chi connectivity index (χ0) is 14.0. The minimum Gasteiger partial charge on any atom is -0.326 e. The number of nitrogens with two attached hydrogens (primary N) is 1. The molecule has 0 spiro atoms. The van der Waals surface area contributed by atoms with Crippen LogP contribution in [-0.2, 0) is 16.6 Å². The number of rotatable bonds is 4. The summed E-state index contributed by atoms with van der Waals surface area (Å²) in [5.41, 5.74) is 6.66. The molecule has 0 amide bonds. The normalized spacial score (nSPS) is 11.5. The molecule has 2 aromatic rings. The van der Waals surface area contributed by atoms with Crippen LogP contribution in [0.25, 0.3) is 0 Å². The maximum Gasteiger partial charge on any atom is 0.271 e. The number of nitrogens with one attached hydrogen (secondary N) is 1. The van der Waals surface area contributed by atoms with Gasteiger partial charge < -0.3 is 5.73 Å². The van der Waals surface area contributed by atoms with Crippen molar-refractivity contribution in [1.82, 2.24) is 0 Å². The molecule has 102 valence electrons. The summed E-state index contributed by atoms with van der Waals surface area (Å²) in [7, 11) is -3.59. The van der Waals surface area contributed by atoms with E-state index in [9.17, 15) is 8.42 Å². The number of hydrogen-bond acceptors (Lipinski definition) is 4. The summed E-state index contributed by atoms with van der Waals surface area (Å²) in [6.07, 6.45) is 0. The largest absolute Gasteiger partial charge is 0.326 e. The van der Waals surface area contributed by atoms with Crippen LogP contribution in [0.5, 0.6) is 0 Å². The fourth-order valence-corrected chi connectivity index (χ4v) is 4.06. The average molecular weight is 317 g/mol. The van der Waals surface area contributed by atoms with Gasteiger partial charge in [0.15, 0.2) is 0 Å². The van der Waals surface area contributed by atoms with Crippen LogP contribution in [-0.4, -0.2) is 8.42 Å². The second-order valence-electron chi connectivity index (χ2n) is 3.94. The lowest BCUT2D eigenvalue weighted by Gasteiger charge is -2.10. The van der Waals surface area contributed by atoms with Crippen LogP contribution in [0, 0.1) is 6.92 Å². The third-order valence-corrected chi connectivity index (χ3v) is 5.99. The Hall–Kier alpha value is -1.08. The predicted molar refractivity (Wildman–Crippen MR) is 79.2 cm³/mol. The van der Waals surface area contributed by atoms with E-state index in [1.807, 2.05) is 0 Å². The molecular formula is C12H13ClN2O2S2. The van der Waals surface area contributed by atoms with Crippen molar-refractivity contribution >= 4 is 38.6 Å². The van der Waals surface area contributed by atoms with Crippen molar-refractivity contribution < 1.29 is 8.42 Å². The Morgan fingerprint density at radius 2 is 2.05 bits per heavy atom. The zero-order valence-electron chi connectivity index (χ0n) is 10.2. The third-order valence-electron chi connectivity index (χ3n) is 2.62. The molecule has 0 radical (unpaired) electrons. The fourth-order valence-electron chi connectivity index (χ4n) is 1.53. The van der Waals surface area contributed by atoms with Gasteiger partial charge in [-0.25, -0.2) is 8.42 Å². The van der Waals surface area contributed by atoms with Gasteiger partial charge in [0.25, 0.3) is 10.0 Å². The molecule has 1 aromatic heterocycles. The molecule has 19 heavy (non-hydrogen) atoms. The summed E-state index contributed by atoms with van der Waals surface area (Å²) in [6, 6.07) is 8.36. The van der Waals surface area contributed by atoms with Crippen LogP contribution in [0.4, 0.5) is 5.69 Å². The molecule has 1 heterocycles. The number of benzene rings is 1. The summed E-state index contributed by atoms with van der Waals surface area (Å²) in [6.45, 7) is 2.09. The Balaban J connectivity index is 2.33. The van der Waals surface area contributed by atoms with E-state index in [1.165, 1.54) is 0 Å². The Morgan fingerprint density at radius 1 is 1.32 bits per heavy atom. The van der Waals surface area contributed by atoms with Gasteiger partial charge in [0.2, 0.25) is 0 Å². The van der Waals surface area contributed by atoms with Gasteiger partial charge in [-0.1, -0.05) is 17.7 Å². The van der Waals surface area contributed by atoms with E-state index in [0.29, 0.717) is 22.8 Å². The van der Waals surface area contributed by atoms with Crippen LogP contribution in [0.3, 0.4) is 0 Å². The lowest BCUT2D eigenvalue weighted by Crippen LogP contribution is -2.12. The highest BCUT2D eigenvalue weighted by atomic mass is 35.5. The molecule has 1 aromatic carbocycles. The first-order chi connectivity index (χ1) is 8.94. The standard InChI is InChI=1S/C12H13ClN2O2S2/c1-8-10(13)3-2-4-11(8)15-19(16,17)12-6-5-9(7-14)18-12/h2-6,15H,7,14H2,1H3. The summed E-state index contributed by atoms with van der Waals surface area (Å²) < 4.78 is 27.2. The van der Waals surface area contributed by atoms with Crippen molar-refractivity contribution in [2.24, 2.45) is 5.73 Å². The van der Waals surface area contributed by atoms with Gasteiger partial charge in [-0.05, 0) is 36.8 Å². The second kappa shape index (κ2) is 5.50. The number of halogens is 1. The van der Waals surface area contributed by atoms with E-state index in [2.05, 4.69) is 4.72 Å². The van der Waals surface area contributed by atoms with Crippen molar-refractivity contribution in [2.45, 2.75) is 17.7 Å². The van der Waals surface area contributed by atoms with Crippen molar-refractivity contribution in [3.63, 3.8) is 0 Å². The lowest BCUT2D eigenvalue weighted by atomic mass is 10.2. The molecule has 0 atom stereocenters. The highest BCUT2D eigenvalue weighted by Gasteiger charge is 2.18. The van der Waals surface area contributed by atoms with Crippen LogP contribution in [0.1, 0.15) is 10.4 Å². The molecule has 0 aliphatic carbocycles. The summed E-state index contributed by atoms with van der Waals surface area (Å²) in [5.74, 6) is 0. The maximum atomic E-state index is 12.2. The number of thiophene rings is 1. The number of hydrogen-bond donors (Lipinski definition) is 2. The number of sulfonamides is 1. The van der Waals surface area contributed by atoms with Crippen molar-refractivity contribution in [3.05, 3.63) is 45.8 Å². The van der Waals surface area contributed by atoms with E-state index in [-0.39, 0.29) is 4.21 Å². The van der Waals surface area contributed by atoms with E-state index in [0.717, 1.165) is 16.2 Å². The van der Waals surface area contributed by atoms with Gasteiger partial charge in [-0.15, -0.1) is 11.3 Å². The highest BCUT2D eigenvalue weighted by Crippen LogP contribution is 2.27. The Morgan fingerprint density at radius 3 is 2.68 bits per heavy atom. The first-order valence-electron chi connectivity index (χ1n) is 5.51. The predicted octanol–water partition coefficient (Wildman–Crippen LogP) is 2.97. The van der Waals surface area contributed by atoms with Crippen LogP contribution < -0.4 is 10.5 Å². The molecule has 0 unspecified atom stereocenters. The monoisotopic (exact) mass is 316 g/mol. The van der Waals surface area contributed by atoms with E-state index in [4.69, 9.17) is 17.3 Å². The zero-order valence-corrected chi connectivity index (χ0v) is 12.6. The van der Waals surface area contributed by atoms with Crippen molar-refractivity contribution in [3.8, 4) is 0 Å². The summed E-state index contributed by atoms with van der Waals surface area (Å²) in [5, 5.41) is 0.522. The van der Waals surface area contributed by atoms with Crippen molar-refractivity contribution in [2.75, 3.05) is 4.72 Å². The molecule has 0 fully saturated rings. The Kier molecular flexibility index (Phi) is 4.15. The SMILES string of the molecule is Cc1c(Cl)cccc1NS(=O)(=O)c1ccc(CN)s1. The Bertz CT molecular complexity index is 696. The third kappa shape index (κ3) is 3.09. The topological polar surface area (TPSA) is 72.2 Å². The molecule has 0 bridgehead atoms. The quantitative estimate of drug-likeness (QED) is 0.911. The molecule has 3 N–H and O–H groups in total. The second-order valence-corrected chi connectivity index (χ2v) is 7.43. The minimum atomic E-state index is -3.59. The average Bonchev–Trinajstić information content (AvgIpc) is 2.84. The molecule has 0 aliphatic rings. The Labute approximate surface area is 121 Å². The molecule has 0 saturated carbocycles.